The van der Waals surface area contributed by atoms with Gasteiger partial charge in [-0.3, -0.25) is 0 Å². The van der Waals surface area contributed by atoms with E-state index in [4.69, 9.17) is 0 Å². The van der Waals surface area contributed by atoms with Gasteiger partial charge in [0.25, 0.3) is 0 Å². The second-order valence-electron chi connectivity index (χ2n) is 3.31. The van der Waals surface area contributed by atoms with Gasteiger partial charge < -0.3 is 5.11 Å². The van der Waals surface area contributed by atoms with Crippen LogP contribution < -0.4 is 0 Å². The molecule has 0 heterocycles. The molecule has 0 amide bonds. The zero-order valence-electron chi connectivity index (χ0n) is 6.76. The number of halogens is 1. The number of aromatic hydroxyl groups is 1. The third kappa shape index (κ3) is 1.07. The van der Waals surface area contributed by atoms with Crippen molar-refractivity contribution < 1.29 is 9.50 Å². The zero-order chi connectivity index (χ0) is 8.55. The minimum absolute atomic E-state index is 0.151. The summed E-state index contributed by atoms with van der Waals surface area (Å²) in [5.74, 6) is -0.262. The summed E-state index contributed by atoms with van der Waals surface area (Å²) in [6.07, 6.45) is 3.36. The number of phenolic OH excluding ortho intramolecular Hbond substituents is 1. The first-order valence-corrected chi connectivity index (χ1v) is 4.26. The van der Waals surface area contributed by atoms with Gasteiger partial charge in [-0.1, -0.05) is 18.6 Å². The molecule has 2 rings (SSSR count). The highest BCUT2D eigenvalue weighted by Crippen LogP contribution is 2.40. The van der Waals surface area contributed by atoms with Gasteiger partial charge in [-0.15, -0.1) is 0 Å². The monoisotopic (exact) mass is 166 g/mol. The number of hydrogen-bond acceptors (Lipinski definition) is 1. The van der Waals surface area contributed by atoms with Gasteiger partial charge in [0.15, 0.2) is 11.6 Å². The number of para-hydroxylation sites is 1. The maximum Gasteiger partial charge on any atom is 0.165 e. The van der Waals surface area contributed by atoms with Gasteiger partial charge in [0.1, 0.15) is 0 Å². The second kappa shape index (κ2) is 2.77. The molecule has 1 nitrogen and oxygen atoms in total. The smallest absolute Gasteiger partial charge is 0.165 e. The van der Waals surface area contributed by atoms with Crippen molar-refractivity contribution in [2.75, 3.05) is 0 Å². The molecule has 1 aliphatic rings. The van der Waals surface area contributed by atoms with E-state index in [0.29, 0.717) is 5.92 Å². The van der Waals surface area contributed by atoms with Crippen LogP contribution in [0, 0.1) is 5.82 Å². The van der Waals surface area contributed by atoms with Crippen LogP contribution >= 0.6 is 0 Å². The van der Waals surface area contributed by atoms with Gasteiger partial charge >= 0.3 is 0 Å². The van der Waals surface area contributed by atoms with E-state index in [-0.39, 0.29) is 5.75 Å². The van der Waals surface area contributed by atoms with Crippen molar-refractivity contribution in [2.24, 2.45) is 0 Å². The molecule has 1 saturated carbocycles. The fraction of sp³-hybridized carbons (Fsp3) is 0.400. The van der Waals surface area contributed by atoms with Crippen molar-refractivity contribution >= 4 is 0 Å². The molecule has 1 aromatic carbocycles. The Hall–Kier alpha value is -1.05. The van der Waals surface area contributed by atoms with Crippen molar-refractivity contribution in [3.63, 3.8) is 0 Å². The molecular weight excluding hydrogens is 155 g/mol. The minimum atomic E-state index is -0.501. The fourth-order valence-electron chi connectivity index (χ4n) is 1.58. The quantitative estimate of drug-likeness (QED) is 0.680. The van der Waals surface area contributed by atoms with Crippen molar-refractivity contribution in [1.29, 1.82) is 0 Å². The lowest BCUT2D eigenvalue weighted by Gasteiger charge is -2.26. The molecule has 0 saturated heterocycles. The molecule has 1 aromatic rings. The summed E-state index contributed by atoms with van der Waals surface area (Å²) in [4.78, 5) is 0. The molecule has 64 valence electrons. The van der Waals surface area contributed by atoms with Crippen LogP contribution in [0.5, 0.6) is 5.75 Å². The van der Waals surface area contributed by atoms with Crippen LogP contribution in [0.4, 0.5) is 4.39 Å². The zero-order valence-corrected chi connectivity index (χ0v) is 6.76. The lowest BCUT2D eigenvalue weighted by Crippen LogP contribution is -2.09. The highest BCUT2D eigenvalue weighted by atomic mass is 19.1. The number of phenols is 1. The summed E-state index contributed by atoms with van der Waals surface area (Å²) in [6, 6.07) is 4.75. The molecule has 0 unspecified atom stereocenters. The Bertz CT molecular complexity index is 292. The van der Waals surface area contributed by atoms with E-state index >= 15 is 0 Å². The van der Waals surface area contributed by atoms with Crippen LogP contribution in [0.2, 0.25) is 0 Å². The predicted octanol–water partition coefficient (Wildman–Crippen LogP) is 2.80. The Labute approximate surface area is 70.8 Å². The van der Waals surface area contributed by atoms with E-state index in [2.05, 4.69) is 0 Å². The van der Waals surface area contributed by atoms with Gasteiger partial charge in [0.2, 0.25) is 0 Å². The van der Waals surface area contributed by atoms with Crippen LogP contribution in [-0.4, -0.2) is 5.11 Å². The fourth-order valence-corrected chi connectivity index (χ4v) is 1.58. The highest BCUT2D eigenvalue weighted by molar-refractivity contribution is 5.37. The van der Waals surface area contributed by atoms with Crippen LogP contribution in [0.25, 0.3) is 0 Å². The molecule has 0 bridgehead atoms. The van der Waals surface area contributed by atoms with Crippen LogP contribution in [0.3, 0.4) is 0 Å². The average Bonchev–Trinajstić information content (AvgIpc) is 1.95. The summed E-state index contributed by atoms with van der Waals surface area (Å²) >= 11 is 0. The molecule has 0 aromatic heterocycles. The van der Waals surface area contributed by atoms with E-state index in [1.165, 1.54) is 12.5 Å². The molecule has 1 aliphatic carbocycles. The van der Waals surface area contributed by atoms with Gasteiger partial charge in [-0.25, -0.2) is 4.39 Å². The maximum absolute atomic E-state index is 12.8. The van der Waals surface area contributed by atoms with E-state index < -0.39 is 5.82 Å². The average molecular weight is 166 g/mol. The van der Waals surface area contributed by atoms with E-state index in [1.54, 1.807) is 6.07 Å². The van der Waals surface area contributed by atoms with Gasteiger partial charge in [-0.05, 0) is 24.8 Å². The minimum Gasteiger partial charge on any atom is -0.505 e. The molecule has 0 aliphatic heterocycles. The highest BCUT2D eigenvalue weighted by Gasteiger charge is 2.23. The first-order valence-electron chi connectivity index (χ1n) is 4.26. The Morgan fingerprint density at radius 1 is 1.33 bits per heavy atom. The van der Waals surface area contributed by atoms with Crippen molar-refractivity contribution in [3.8, 4) is 5.75 Å². The summed E-state index contributed by atoms with van der Waals surface area (Å²) in [5.41, 5.74) is 0.779. The SMILES string of the molecule is Oc1c(F)cccc1C1CCC1. The molecule has 0 spiro atoms. The van der Waals surface area contributed by atoms with Gasteiger partial charge in [-0.2, -0.15) is 0 Å². The summed E-state index contributed by atoms with van der Waals surface area (Å²) in [7, 11) is 0. The number of hydrogen-bond donors (Lipinski definition) is 1. The molecular formula is C10H11FO. The van der Waals surface area contributed by atoms with Crippen molar-refractivity contribution in [3.05, 3.63) is 29.6 Å². The molecule has 0 atom stereocenters. The Balaban J connectivity index is 2.36. The lowest BCUT2D eigenvalue weighted by molar-refractivity contribution is 0.377. The molecule has 2 heteroatoms. The first kappa shape index (κ1) is 7.59. The van der Waals surface area contributed by atoms with Gasteiger partial charge in [0, 0.05) is 5.56 Å². The lowest BCUT2D eigenvalue weighted by atomic mass is 9.79. The normalized spacial score (nSPS) is 17.4. The van der Waals surface area contributed by atoms with Crippen molar-refractivity contribution in [2.45, 2.75) is 25.2 Å². The predicted molar refractivity (Wildman–Crippen MR) is 44.7 cm³/mol. The summed E-state index contributed by atoms with van der Waals surface area (Å²) < 4.78 is 12.8. The topological polar surface area (TPSA) is 20.2 Å². The Kier molecular flexibility index (Phi) is 1.75. The molecule has 12 heavy (non-hydrogen) atoms. The molecule has 1 N–H and O–H groups in total. The third-order valence-electron chi connectivity index (χ3n) is 2.56. The van der Waals surface area contributed by atoms with E-state index in [1.807, 2.05) is 6.07 Å². The second-order valence-corrected chi connectivity index (χ2v) is 3.31. The van der Waals surface area contributed by atoms with E-state index in [0.717, 1.165) is 18.4 Å². The maximum atomic E-state index is 12.8. The number of benzene rings is 1. The van der Waals surface area contributed by atoms with Crippen LogP contribution in [0.15, 0.2) is 18.2 Å². The third-order valence-corrected chi connectivity index (χ3v) is 2.56. The Morgan fingerprint density at radius 2 is 2.08 bits per heavy atom. The Morgan fingerprint density at radius 3 is 2.67 bits per heavy atom. The van der Waals surface area contributed by atoms with Crippen LogP contribution in [0.1, 0.15) is 30.7 Å². The van der Waals surface area contributed by atoms with Crippen LogP contribution in [-0.2, 0) is 0 Å². The molecule has 0 radical (unpaired) electrons. The number of rotatable bonds is 1. The van der Waals surface area contributed by atoms with E-state index in [9.17, 15) is 9.50 Å². The summed E-state index contributed by atoms with van der Waals surface area (Å²) in [6.45, 7) is 0. The molecule has 1 fully saturated rings. The largest absolute Gasteiger partial charge is 0.505 e. The standard InChI is InChI=1S/C10H11FO/c11-9-6-2-5-8(10(9)12)7-3-1-4-7/h2,5-7,12H,1,3-4H2. The first-order chi connectivity index (χ1) is 5.79. The van der Waals surface area contributed by atoms with Crippen molar-refractivity contribution in [1.82, 2.24) is 0 Å². The summed E-state index contributed by atoms with van der Waals surface area (Å²) in [5, 5.41) is 9.36. The van der Waals surface area contributed by atoms with Gasteiger partial charge in [0.05, 0.1) is 0 Å².